The van der Waals surface area contributed by atoms with E-state index in [0.717, 1.165) is 30.2 Å². The first-order chi connectivity index (χ1) is 13.3. The number of likely N-dealkylation sites (N-methyl/N-ethyl adjacent to an activating group) is 1. The zero-order valence-electron chi connectivity index (χ0n) is 18.4. The maximum Gasteiger partial charge on any atom is 0.270 e. The molecule has 1 unspecified atom stereocenters. The van der Waals surface area contributed by atoms with Crippen molar-refractivity contribution < 1.29 is 4.79 Å². The Morgan fingerprint density at radius 2 is 1.86 bits per heavy atom. The fourth-order valence-corrected chi connectivity index (χ4v) is 5.20. The third-order valence-corrected chi connectivity index (χ3v) is 6.76. The summed E-state index contributed by atoms with van der Waals surface area (Å²) in [7, 11) is 3.77. The summed E-state index contributed by atoms with van der Waals surface area (Å²) >= 11 is 0. The Bertz CT molecular complexity index is 798. The molecule has 0 N–H and O–H groups in total. The highest BCUT2D eigenvalue weighted by atomic mass is 16.2. The molecule has 28 heavy (non-hydrogen) atoms. The van der Waals surface area contributed by atoms with Gasteiger partial charge in [0.05, 0.1) is 0 Å². The molecule has 1 aromatic carbocycles. The van der Waals surface area contributed by atoms with Crippen LogP contribution in [0.4, 0.5) is 0 Å². The second kappa shape index (κ2) is 8.10. The molecule has 2 aliphatic rings. The largest absolute Gasteiger partial charge is 0.339 e. The fraction of sp³-hybridized carbons (Fsp3) is 0.583. The lowest BCUT2D eigenvalue weighted by atomic mass is 9.68. The Morgan fingerprint density at radius 3 is 2.43 bits per heavy atom. The Kier molecular flexibility index (Phi) is 5.97. The van der Waals surface area contributed by atoms with Crippen molar-refractivity contribution in [2.24, 2.45) is 10.9 Å². The van der Waals surface area contributed by atoms with Crippen LogP contribution in [0.1, 0.15) is 57.6 Å². The van der Waals surface area contributed by atoms with Crippen molar-refractivity contribution in [2.75, 3.05) is 27.2 Å². The average molecular weight is 382 g/mol. The monoisotopic (exact) mass is 381 g/mol. The first kappa shape index (κ1) is 20.6. The molecule has 1 saturated carbocycles. The van der Waals surface area contributed by atoms with Crippen molar-refractivity contribution in [1.29, 1.82) is 0 Å². The van der Waals surface area contributed by atoms with Crippen LogP contribution in [0.2, 0.25) is 0 Å². The number of hydrogen-bond acceptors (Lipinski definition) is 2. The lowest BCUT2D eigenvalue weighted by Gasteiger charge is -2.44. The van der Waals surface area contributed by atoms with Crippen molar-refractivity contribution in [3.63, 3.8) is 0 Å². The zero-order valence-corrected chi connectivity index (χ0v) is 18.4. The number of amides is 1. The normalized spacial score (nSPS) is 21.3. The molecule has 4 heteroatoms. The summed E-state index contributed by atoms with van der Waals surface area (Å²) < 4.78 is 0. The molecular weight excluding hydrogens is 346 g/mol. The van der Waals surface area contributed by atoms with Crippen LogP contribution < -0.4 is 0 Å². The molecule has 0 aromatic heterocycles. The van der Waals surface area contributed by atoms with E-state index in [1.54, 1.807) is 0 Å². The molecule has 0 radical (unpaired) electrons. The number of rotatable bonds is 3. The molecule has 0 bridgehead atoms. The first-order valence-corrected chi connectivity index (χ1v) is 10.6. The number of allylic oxidation sites excluding steroid dienone is 1. The first-order valence-electron chi connectivity index (χ1n) is 10.6. The highest BCUT2D eigenvalue weighted by Gasteiger charge is 2.45. The van der Waals surface area contributed by atoms with Gasteiger partial charge in [-0.2, -0.15) is 0 Å². The van der Waals surface area contributed by atoms with Gasteiger partial charge in [-0.3, -0.25) is 9.79 Å². The fourth-order valence-electron chi connectivity index (χ4n) is 5.20. The van der Waals surface area contributed by atoms with Crippen LogP contribution in [0, 0.1) is 12.8 Å². The van der Waals surface area contributed by atoms with Gasteiger partial charge in [0, 0.05) is 38.5 Å². The number of aryl methyl sites for hydroxylation is 1. The van der Waals surface area contributed by atoms with Crippen molar-refractivity contribution in [3.05, 3.63) is 46.7 Å². The van der Waals surface area contributed by atoms with E-state index < -0.39 is 0 Å². The number of carbonyl (C=O) groups excluding carboxylic acids is 1. The quantitative estimate of drug-likeness (QED) is 0.438. The van der Waals surface area contributed by atoms with Crippen molar-refractivity contribution >= 4 is 11.7 Å². The third-order valence-electron chi connectivity index (χ3n) is 6.76. The van der Waals surface area contributed by atoms with Crippen LogP contribution in [-0.4, -0.2) is 48.7 Å². The van der Waals surface area contributed by atoms with Crippen molar-refractivity contribution in [2.45, 2.75) is 58.8 Å². The zero-order chi connectivity index (χ0) is 20.5. The molecule has 3 rings (SSSR count). The summed E-state index contributed by atoms with van der Waals surface area (Å²) in [5, 5.41) is 0. The number of carbonyl (C=O) groups is 1. The SMILES string of the molecule is CN=C(C(C)C1(c2cccc(C)c2)CCCC1)N1CCN(C)C(=O)C1=C(C)C. The molecule has 152 valence electrons. The van der Waals surface area contributed by atoms with Crippen LogP contribution >= 0.6 is 0 Å². The van der Waals surface area contributed by atoms with E-state index in [-0.39, 0.29) is 17.2 Å². The molecule has 1 aliphatic carbocycles. The topological polar surface area (TPSA) is 35.9 Å². The molecule has 4 nitrogen and oxygen atoms in total. The minimum atomic E-state index is 0.0972. The average Bonchev–Trinajstić information content (AvgIpc) is 3.16. The predicted octanol–water partition coefficient (Wildman–Crippen LogP) is 4.54. The van der Waals surface area contributed by atoms with E-state index in [4.69, 9.17) is 4.99 Å². The van der Waals surface area contributed by atoms with Gasteiger partial charge in [0.15, 0.2) is 0 Å². The number of hydrogen-bond donors (Lipinski definition) is 0. The van der Waals surface area contributed by atoms with Gasteiger partial charge < -0.3 is 9.80 Å². The molecule has 0 spiro atoms. The molecule has 1 amide bonds. The van der Waals surface area contributed by atoms with Gasteiger partial charge in [-0.15, -0.1) is 0 Å². The molecule has 1 aromatic rings. The van der Waals surface area contributed by atoms with Gasteiger partial charge in [-0.1, -0.05) is 49.6 Å². The summed E-state index contributed by atoms with van der Waals surface area (Å²) in [6.07, 6.45) is 4.88. The van der Waals surface area contributed by atoms with Crippen LogP contribution in [0.5, 0.6) is 0 Å². The highest BCUT2D eigenvalue weighted by Crippen LogP contribution is 2.48. The summed E-state index contributed by atoms with van der Waals surface area (Å²) in [6, 6.07) is 9.00. The van der Waals surface area contributed by atoms with E-state index in [1.165, 1.54) is 36.8 Å². The van der Waals surface area contributed by atoms with Gasteiger partial charge in [0.25, 0.3) is 5.91 Å². The maximum atomic E-state index is 12.9. The van der Waals surface area contributed by atoms with Gasteiger partial charge in [-0.05, 0) is 44.7 Å². The second-order valence-electron chi connectivity index (χ2n) is 8.76. The van der Waals surface area contributed by atoms with Crippen molar-refractivity contribution in [1.82, 2.24) is 9.80 Å². The minimum Gasteiger partial charge on any atom is -0.339 e. The van der Waals surface area contributed by atoms with E-state index >= 15 is 0 Å². The van der Waals surface area contributed by atoms with E-state index in [0.29, 0.717) is 0 Å². The minimum absolute atomic E-state index is 0.0972. The lowest BCUT2D eigenvalue weighted by molar-refractivity contribution is -0.129. The maximum absolute atomic E-state index is 12.9. The molecule has 1 saturated heterocycles. The number of benzene rings is 1. The van der Waals surface area contributed by atoms with Gasteiger partial charge in [-0.25, -0.2) is 0 Å². The van der Waals surface area contributed by atoms with E-state index in [1.807, 2.05) is 32.8 Å². The highest BCUT2D eigenvalue weighted by molar-refractivity contribution is 6.01. The number of amidine groups is 1. The van der Waals surface area contributed by atoms with Gasteiger partial charge in [0.2, 0.25) is 0 Å². The summed E-state index contributed by atoms with van der Waals surface area (Å²) in [5.74, 6) is 1.42. The summed E-state index contributed by atoms with van der Waals surface area (Å²) in [6.45, 7) is 10.1. The van der Waals surface area contributed by atoms with Crippen LogP contribution in [0.25, 0.3) is 0 Å². The molecular formula is C24H35N3O. The smallest absolute Gasteiger partial charge is 0.270 e. The van der Waals surface area contributed by atoms with Crippen LogP contribution in [-0.2, 0) is 10.2 Å². The number of piperazine rings is 1. The molecule has 1 atom stereocenters. The van der Waals surface area contributed by atoms with Gasteiger partial charge >= 0.3 is 0 Å². The van der Waals surface area contributed by atoms with Crippen molar-refractivity contribution in [3.8, 4) is 0 Å². The Balaban J connectivity index is 2.04. The van der Waals surface area contributed by atoms with Crippen LogP contribution in [0.15, 0.2) is 40.5 Å². The predicted molar refractivity (Wildman–Crippen MR) is 117 cm³/mol. The van der Waals surface area contributed by atoms with E-state index in [9.17, 15) is 4.79 Å². The van der Waals surface area contributed by atoms with Gasteiger partial charge in [0.1, 0.15) is 11.5 Å². The van der Waals surface area contributed by atoms with Crippen LogP contribution in [0.3, 0.4) is 0 Å². The number of nitrogens with zero attached hydrogens (tertiary/aromatic N) is 3. The third kappa shape index (κ3) is 3.49. The standard InChI is InChI=1S/C24H35N3O/c1-17(2)21-23(28)26(6)14-15-27(21)22(25-5)19(4)24(12-7-8-13-24)20-11-9-10-18(3)16-20/h9-11,16,19H,7-8,12-15H2,1-6H3. The summed E-state index contributed by atoms with van der Waals surface area (Å²) in [5.41, 5.74) is 4.70. The molecule has 1 heterocycles. The Morgan fingerprint density at radius 1 is 1.18 bits per heavy atom. The lowest BCUT2D eigenvalue weighted by Crippen LogP contribution is -2.53. The number of aliphatic imine (C=N–C) groups is 1. The second-order valence-corrected chi connectivity index (χ2v) is 8.76. The van der Waals surface area contributed by atoms with E-state index in [2.05, 4.69) is 43.0 Å². The Labute approximate surface area is 170 Å². The molecule has 1 aliphatic heterocycles. The molecule has 2 fully saturated rings. The summed E-state index contributed by atoms with van der Waals surface area (Å²) in [4.78, 5) is 21.7. The Hall–Kier alpha value is -2.10.